The Balaban J connectivity index is 2.02. The van der Waals surface area contributed by atoms with E-state index in [-0.39, 0.29) is 12.5 Å². The molecule has 0 aromatic carbocycles. The molecule has 3 rings (SSSR count). The van der Waals surface area contributed by atoms with Crippen molar-refractivity contribution < 1.29 is 4.79 Å². The molecule has 1 amide bonds. The van der Waals surface area contributed by atoms with Crippen LogP contribution in [-0.2, 0) is 24.3 Å². The number of nitrogens with one attached hydrogen (secondary N) is 1. The summed E-state index contributed by atoms with van der Waals surface area (Å²) in [4.78, 5) is 15.8. The number of hydrogen-bond donors (Lipinski definition) is 2. The third kappa shape index (κ3) is 1.61. The van der Waals surface area contributed by atoms with E-state index in [0.29, 0.717) is 5.92 Å². The molecule has 1 aliphatic carbocycles. The number of nitrogens with zero attached hydrogens (tertiary/aromatic N) is 2. The van der Waals surface area contributed by atoms with E-state index in [1.54, 1.807) is 0 Å². The molecule has 86 valence electrons. The van der Waals surface area contributed by atoms with Gasteiger partial charge in [0.2, 0.25) is 5.91 Å². The first-order chi connectivity index (χ1) is 7.75. The maximum atomic E-state index is 11.1. The Bertz CT molecular complexity index is 433. The molecule has 0 saturated heterocycles. The van der Waals surface area contributed by atoms with Crippen LogP contribution >= 0.6 is 0 Å². The second kappa shape index (κ2) is 3.59. The highest BCUT2D eigenvalue weighted by Gasteiger charge is 2.32. The molecular weight excluding hydrogens is 204 g/mol. The van der Waals surface area contributed by atoms with Gasteiger partial charge in [-0.05, 0) is 12.8 Å². The van der Waals surface area contributed by atoms with E-state index in [2.05, 4.69) is 14.9 Å². The van der Waals surface area contributed by atoms with E-state index in [1.165, 1.54) is 18.5 Å². The molecule has 1 aromatic rings. The summed E-state index contributed by atoms with van der Waals surface area (Å²) in [5.74, 6) is 1.36. The van der Waals surface area contributed by atoms with Gasteiger partial charge in [-0.1, -0.05) is 0 Å². The highest BCUT2D eigenvalue weighted by molar-refractivity contribution is 5.73. The summed E-state index contributed by atoms with van der Waals surface area (Å²) in [7, 11) is 0. The van der Waals surface area contributed by atoms with Gasteiger partial charge in [-0.15, -0.1) is 0 Å². The number of fused-ring (bicyclic) bond motifs is 1. The van der Waals surface area contributed by atoms with Crippen LogP contribution in [0, 0.1) is 0 Å². The number of nitrogens with two attached hydrogens (primary N) is 1. The SMILES string of the molecule is NC(=O)Cn1c(C2CC2)nc2c1CCNC2. The fourth-order valence-electron chi connectivity index (χ4n) is 2.38. The number of rotatable bonds is 3. The van der Waals surface area contributed by atoms with Gasteiger partial charge in [-0.2, -0.15) is 0 Å². The Morgan fingerprint density at radius 2 is 2.38 bits per heavy atom. The molecular formula is C11H16N4O. The zero-order valence-corrected chi connectivity index (χ0v) is 9.20. The second-order valence-corrected chi connectivity index (χ2v) is 4.62. The Labute approximate surface area is 94.0 Å². The molecule has 2 aliphatic rings. The lowest BCUT2D eigenvalue weighted by atomic mass is 10.2. The van der Waals surface area contributed by atoms with Crippen molar-refractivity contribution in [2.75, 3.05) is 6.54 Å². The number of hydrogen-bond acceptors (Lipinski definition) is 3. The van der Waals surface area contributed by atoms with Crippen molar-refractivity contribution in [2.24, 2.45) is 5.73 Å². The van der Waals surface area contributed by atoms with Gasteiger partial charge in [0.15, 0.2) is 0 Å². The smallest absolute Gasteiger partial charge is 0.237 e. The molecule has 1 saturated carbocycles. The lowest BCUT2D eigenvalue weighted by Crippen LogP contribution is -2.27. The minimum atomic E-state index is -0.277. The van der Waals surface area contributed by atoms with Crippen LogP contribution < -0.4 is 11.1 Å². The van der Waals surface area contributed by atoms with E-state index in [1.807, 2.05) is 0 Å². The molecule has 3 N–H and O–H groups in total. The lowest BCUT2D eigenvalue weighted by Gasteiger charge is -2.15. The fourth-order valence-corrected chi connectivity index (χ4v) is 2.38. The van der Waals surface area contributed by atoms with Crippen LogP contribution in [0.4, 0.5) is 0 Å². The van der Waals surface area contributed by atoms with Crippen molar-refractivity contribution in [3.8, 4) is 0 Å². The monoisotopic (exact) mass is 220 g/mol. The molecule has 0 atom stereocenters. The maximum Gasteiger partial charge on any atom is 0.237 e. The van der Waals surface area contributed by atoms with Crippen LogP contribution in [-0.4, -0.2) is 22.0 Å². The van der Waals surface area contributed by atoms with Crippen molar-refractivity contribution in [1.82, 2.24) is 14.9 Å². The molecule has 5 nitrogen and oxygen atoms in total. The van der Waals surface area contributed by atoms with Gasteiger partial charge in [0, 0.05) is 31.1 Å². The number of aromatic nitrogens is 2. The summed E-state index contributed by atoms with van der Waals surface area (Å²) in [6.07, 6.45) is 3.34. The first kappa shape index (κ1) is 9.84. The molecule has 0 spiro atoms. The van der Waals surface area contributed by atoms with Crippen molar-refractivity contribution in [1.29, 1.82) is 0 Å². The molecule has 0 bridgehead atoms. The Hall–Kier alpha value is -1.36. The first-order valence-electron chi connectivity index (χ1n) is 5.83. The van der Waals surface area contributed by atoms with E-state index in [9.17, 15) is 4.79 Å². The summed E-state index contributed by atoms with van der Waals surface area (Å²) >= 11 is 0. The highest BCUT2D eigenvalue weighted by atomic mass is 16.1. The van der Waals surface area contributed by atoms with Gasteiger partial charge in [0.1, 0.15) is 12.4 Å². The number of carbonyl (C=O) groups excluding carboxylic acids is 1. The molecule has 1 aliphatic heterocycles. The summed E-state index contributed by atoms with van der Waals surface area (Å²) in [5.41, 5.74) is 7.62. The molecule has 0 radical (unpaired) electrons. The lowest BCUT2D eigenvalue weighted by molar-refractivity contribution is -0.118. The van der Waals surface area contributed by atoms with E-state index in [4.69, 9.17) is 5.73 Å². The topological polar surface area (TPSA) is 72.9 Å². The molecule has 5 heteroatoms. The Morgan fingerprint density at radius 3 is 3.06 bits per heavy atom. The quantitative estimate of drug-likeness (QED) is 0.746. The van der Waals surface area contributed by atoms with Gasteiger partial charge in [-0.25, -0.2) is 4.98 Å². The normalized spacial score (nSPS) is 19.5. The minimum absolute atomic E-state index is 0.277. The Kier molecular flexibility index (Phi) is 2.21. The van der Waals surface area contributed by atoms with Crippen LogP contribution in [0.5, 0.6) is 0 Å². The largest absolute Gasteiger partial charge is 0.368 e. The van der Waals surface area contributed by atoms with Gasteiger partial charge >= 0.3 is 0 Å². The van der Waals surface area contributed by atoms with Crippen LogP contribution in [0.2, 0.25) is 0 Å². The standard InChI is InChI=1S/C11H16N4O/c12-10(16)6-15-9-3-4-13-5-8(9)14-11(15)7-1-2-7/h7,13H,1-6H2,(H2,12,16). The van der Waals surface area contributed by atoms with Gasteiger partial charge < -0.3 is 15.6 Å². The van der Waals surface area contributed by atoms with Crippen molar-refractivity contribution in [3.63, 3.8) is 0 Å². The van der Waals surface area contributed by atoms with Crippen LogP contribution in [0.3, 0.4) is 0 Å². The third-order valence-corrected chi connectivity index (χ3v) is 3.27. The number of primary amides is 1. The summed E-state index contributed by atoms with van der Waals surface area (Å²) < 4.78 is 2.05. The molecule has 1 aromatic heterocycles. The predicted octanol–water partition coefficient (Wildman–Crippen LogP) is -0.109. The van der Waals surface area contributed by atoms with Crippen LogP contribution in [0.15, 0.2) is 0 Å². The molecule has 2 heterocycles. The number of carbonyl (C=O) groups is 1. The van der Waals surface area contributed by atoms with E-state index < -0.39 is 0 Å². The van der Waals surface area contributed by atoms with E-state index in [0.717, 1.165) is 31.0 Å². The predicted molar refractivity (Wildman–Crippen MR) is 58.8 cm³/mol. The Morgan fingerprint density at radius 1 is 1.56 bits per heavy atom. The molecule has 16 heavy (non-hydrogen) atoms. The summed E-state index contributed by atoms with van der Waals surface area (Å²) in [6, 6.07) is 0. The zero-order valence-electron chi connectivity index (χ0n) is 9.20. The third-order valence-electron chi connectivity index (χ3n) is 3.27. The maximum absolute atomic E-state index is 11.1. The minimum Gasteiger partial charge on any atom is -0.368 e. The average Bonchev–Trinajstić information content (AvgIpc) is 3.03. The van der Waals surface area contributed by atoms with Crippen molar-refractivity contribution in [3.05, 3.63) is 17.2 Å². The fraction of sp³-hybridized carbons (Fsp3) is 0.636. The summed E-state index contributed by atoms with van der Waals surface area (Å²) in [5, 5.41) is 3.30. The first-order valence-corrected chi connectivity index (χ1v) is 5.83. The van der Waals surface area contributed by atoms with E-state index >= 15 is 0 Å². The van der Waals surface area contributed by atoms with Gasteiger partial charge in [-0.3, -0.25) is 4.79 Å². The molecule has 1 fully saturated rings. The van der Waals surface area contributed by atoms with Crippen LogP contribution in [0.1, 0.15) is 36.0 Å². The second-order valence-electron chi connectivity index (χ2n) is 4.62. The van der Waals surface area contributed by atoms with Gasteiger partial charge in [0.05, 0.1) is 5.69 Å². The van der Waals surface area contributed by atoms with Crippen LogP contribution in [0.25, 0.3) is 0 Å². The van der Waals surface area contributed by atoms with Crippen molar-refractivity contribution >= 4 is 5.91 Å². The molecule has 0 unspecified atom stereocenters. The zero-order chi connectivity index (χ0) is 11.1. The summed E-state index contributed by atoms with van der Waals surface area (Å²) in [6.45, 7) is 2.07. The highest BCUT2D eigenvalue weighted by Crippen LogP contribution is 2.40. The number of amides is 1. The number of imidazole rings is 1. The van der Waals surface area contributed by atoms with Gasteiger partial charge in [0.25, 0.3) is 0 Å². The van der Waals surface area contributed by atoms with Crippen molar-refractivity contribution in [2.45, 2.75) is 38.3 Å². The average molecular weight is 220 g/mol.